The van der Waals surface area contributed by atoms with Crippen molar-refractivity contribution in [1.82, 2.24) is 5.32 Å². The van der Waals surface area contributed by atoms with Gasteiger partial charge in [0.05, 0.1) is 7.11 Å². The summed E-state index contributed by atoms with van der Waals surface area (Å²) in [5, 5.41) is 2.92. The van der Waals surface area contributed by atoms with Crippen molar-refractivity contribution >= 4 is 11.9 Å². The minimum atomic E-state index is -0.512. The van der Waals surface area contributed by atoms with Crippen LogP contribution in [-0.2, 0) is 14.3 Å². The van der Waals surface area contributed by atoms with Gasteiger partial charge in [-0.15, -0.1) is 0 Å². The van der Waals surface area contributed by atoms with Gasteiger partial charge in [0.15, 0.2) is 0 Å². The molecule has 0 aliphatic heterocycles. The van der Waals surface area contributed by atoms with Gasteiger partial charge in [-0.25, -0.2) is 4.79 Å². The Morgan fingerprint density at radius 1 is 1.26 bits per heavy atom. The third kappa shape index (κ3) is 3.95. The summed E-state index contributed by atoms with van der Waals surface area (Å²) in [5.41, 5.74) is -0.261. The molecule has 1 aliphatic rings. The van der Waals surface area contributed by atoms with Crippen LogP contribution in [0, 0.1) is 11.3 Å². The number of amides is 1. The molecule has 0 radical (unpaired) electrons. The van der Waals surface area contributed by atoms with Crippen molar-refractivity contribution in [2.24, 2.45) is 11.3 Å². The Labute approximate surface area is 116 Å². The van der Waals surface area contributed by atoms with Crippen LogP contribution in [0.1, 0.15) is 59.3 Å². The summed E-state index contributed by atoms with van der Waals surface area (Å²) in [6.07, 6.45) is 5.55. The van der Waals surface area contributed by atoms with Crippen LogP contribution >= 0.6 is 0 Å². The van der Waals surface area contributed by atoms with E-state index < -0.39 is 6.04 Å². The van der Waals surface area contributed by atoms with Crippen LogP contribution < -0.4 is 5.32 Å². The van der Waals surface area contributed by atoms with E-state index in [4.69, 9.17) is 4.74 Å². The second-order valence-corrected chi connectivity index (χ2v) is 6.02. The van der Waals surface area contributed by atoms with Gasteiger partial charge in [-0.2, -0.15) is 0 Å². The highest BCUT2D eigenvalue weighted by Crippen LogP contribution is 2.41. The second kappa shape index (κ2) is 6.92. The summed E-state index contributed by atoms with van der Waals surface area (Å²) in [5.74, 6) is 0.0282. The van der Waals surface area contributed by atoms with Gasteiger partial charge in [0.1, 0.15) is 6.04 Å². The maximum atomic E-state index is 12.5. The average molecular weight is 269 g/mol. The fraction of sp³-hybridized carbons (Fsp3) is 0.867. The molecule has 0 aromatic carbocycles. The largest absolute Gasteiger partial charge is 0.467 e. The zero-order valence-corrected chi connectivity index (χ0v) is 12.6. The number of rotatable bonds is 6. The van der Waals surface area contributed by atoms with Crippen LogP contribution in [0.2, 0.25) is 0 Å². The SMILES string of the molecule is CCC1(C(=O)NC(CC(C)C)C(=O)OC)CCCC1. The quantitative estimate of drug-likeness (QED) is 0.754. The zero-order chi connectivity index (χ0) is 14.5. The van der Waals surface area contributed by atoms with E-state index in [1.165, 1.54) is 7.11 Å². The van der Waals surface area contributed by atoms with Crippen LogP contribution in [-0.4, -0.2) is 25.0 Å². The molecule has 1 unspecified atom stereocenters. The molecule has 4 heteroatoms. The van der Waals surface area contributed by atoms with Gasteiger partial charge >= 0.3 is 5.97 Å². The molecule has 1 rings (SSSR count). The van der Waals surface area contributed by atoms with Crippen molar-refractivity contribution < 1.29 is 14.3 Å². The predicted octanol–water partition coefficient (Wildman–Crippen LogP) is 2.66. The summed E-state index contributed by atoms with van der Waals surface area (Å²) in [6, 6.07) is -0.512. The summed E-state index contributed by atoms with van der Waals surface area (Å²) in [7, 11) is 1.37. The third-order valence-electron chi connectivity index (χ3n) is 4.22. The van der Waals surface area contributed by atoms with E-state index in [9.17, 15) is 9.59 Å². The number of esters is 1. The van der Waals surface area contributed by atoms with Gasteiger partial charge < -0.3 is 10.1 Å². The van der Waals surface area contributed by atoms with Crippen molar-refractivity contribution in [2.45, 2.75) is 65.3 Å². The van der Waals surface area contributed by atoms with Crippen LogP contribution in [0.3, 0.4) is 0 Å². The Balaban J connectivity index is 2.72. The number of carbonyl (C=O) groups is 2. The molecule has 4 nitrogen and oxygen atoms in total. The Morgan fingerprint density at radius 2 is 1.84 bits per heavy atom. The molecular weight excluding hydrogens is 242 g/mol. The Hall–Kier alpha value is -1.06. The lowest BCUT2D eigenvalue weighted by Gasteiger charge is -2.29. The van der Waals surface area contributed by atoms with Crippen molar-refractivity contribution in [3.05, 3.63) is 0 Å². The Kier molecular flexibility index (Phi) is 5.83. The van der Waals surface area contributed by atoms with Crippen molar-refractivity contribution in [3.8, 4) is 0 Å². The zero-order valence-electron chi connectivity index (χ0n) is 12.6. The molecule has 0 bridgehead atoms. The molecule has 1 saturated carbocycles. The molecule has 0 spiro atoms. The minimum absolute atomic E-state index is 0.0311. The number of hydrogen-bond donors (Lipinski definition) is 1. The van der Waals surface area contributed by atoms with Crippen LogP contribution in [0.4, 0.5) is 0 Å². The smallest absolute Gasteiger partial charge is 0.328 e. The highest BCUT2D eigenvalue weighted by atomic mass is 16.5. The predicted molar refractivity (Wildman–Crippen MR) is 74.6 cm³/mol. The lowest BCUT2D eigenvalue weighted by atomic mass is 9.82. The number of hydrogen-bond acceptors (Lipinski definition) is 3. The number of nitrogens with one attached hydrogen (secondary N) is 1. The van der Waals surface area contributed by atoms with Gasteiger partial charge in [0, 0.05) is 5.41 Å². The first kappa shape index (κ1) is 16.0. The summed E-state index contributed by atoms with van der Waals surface area (Å²) in [4.78, 5) is 24.2. The highest BCUT2D eigenvalue weighted by molar-refractivity contribution is 5.88. The molecule has 1 atom stereocenters. The first-order chi connectivity index (χ1) is 8.95. The van der Waals surface area contributed by atoms with Crippen molar-refractivity contribution in [3.63, 3.8) is 0 Å². The lowest BCUT2D eigenvalue weighted by molar-refractivity contribution is -0.147. The van der Waals surface area contributed by atoms with E-state index >= 15 is 0 Å². The third-order valence-corrected chi connectivity index (χ3v) is 4.22. The number of ether oxygens (including phenoxy) is 1. The normalized spacial score (nSPS) is 19.2. The molecule has 0 saturated heterocycles. The van der Waals surface area contributed by atoms with Crippen LogP contribution in [0.15, 0.2) is 0 Å². The van der Waals surface area contributed by atoms with Crippen molar-refractivity contribution in [2.75, 3.05) is 7.11 Å². The fourth-order valence-corrected chi connectivity index (χ4v) is 2.93. The van der Waals surface area contributed by atoms with E-state index in [-0.39, 0.29) is 17.3 Å². The van der Waals surface area contributed by atoms with Gasteiger partial charge in [0.2, 0.25) is 5.91 Å². The van der Waals surface area contributed by atoms with E-state index in [0.29, 0.717) is 12.3 Å². The molecule has 0 aromatic rings. The highest BCUT2D eigenvalue weighted by Gasteiger charge is 2.40. The monoisotopic (exact) mass is 269 g/mol. The first-order valence-corrected chi connectivity index (χ1v) is 7.34. The topological polar surface area (TPSA) is 55.4 Å². The summed E-state index contributed by atoms with van der Waals surface area (Å²) < 4.78 is 4.79. The van der Waals surface area contributed by atoms with Gasteiger partial charge in [-0.1, -0.05) is 33.6 Å². The molecular formula is C15H27NO3. The Morgan fingerprint density at radius 3 is 2.26 bits per heavy atom. The van der Waals surface area contributed by atoms with E-state index in [1.807, 2.05) is 13.8 Å². The maximum Gasteiger partial charge on any atom is 0.328 e. The van der Waals surface area contributed by atoms with E-state index in [2.05, 4.69) is 12.2 Å². The number of carbonyl (C=O) groups excluding carboxylic acids is 2. The molecule has 0 aromatic heterocycles. The fourth-order valence-electron chi connectivity index (χ4n) is 2.93. The molecule has 1 amide bonds. The molecule has 1 fully saturated rings. The standard InChI is InChI=1S/C15H27NO3/c1-5-15(8-6-7-9-15)14(18)16-12(10-11(2)3)13(17)19-4/h11-12H,5-10H2,1-4H3,(H,16,18). The molecule has 110 valence electrons. The van der Waals surface area contributed by atoms with Gasteiger partial charge in [-0.3, -0.25) is 4.79 Å². The molecule has 1 N–H and O–H groups in total. The van der Waals surface area contributed by atoms with Gasteiger partial charge in [0.25, 0.3) is 0 Å². The maximum absolute atomic E-state index is 12.5. The molecule has 0 heterocycles. The lowest BCUT2D eigenvalue weighted by Crippen LogP contribution is -2.48. The van der Waals surface area contributed by atoms with Gasteiger partial charge in [-0.05, 0) is 31.6 Å². The first-order valence-electron chi connectivity index (χ1n) is 7.34. The minimum Gasteiger partial charge on any atom is -0.467 e. The van der Waals surface area contributed by atoms with Crippen LogP contribution in [0.25, 0.3) is 0 Å². The average Bonchev–Trinajstić information content (AvgIpc) is 2.86. The van der Waals surface area contributed by atoms with E-state index in [1.54, 1.807) is 0 Å². The van der Waals surface area contributed by atoms with Crippen molar-refractivity contribution in [1.29, 1.82) is 0 Å². The second-order valence-electron chi connectivity index (χ2n) is 6.02. The molecule has 1 aliphatic carbocycles. The Bertz CT molecular complexity index is 319. The van der Waals surface area contributed by atoms with E-state index in [0.717, 1.165) is 32.1 Å². The molecule has 19 heavy (non-hydrogen) atoms. The summed E-state index contributed by atoms with van der Waals surface area (Å²) in [6.45, 7) is 6.13. The van der Waals surface area contributed by atoms with Crippen LogP contribution in [0.5, 0.6) is 0 Å². The number of methoxy groups -OCH3 is 1. The summed E-state index contributed by atoms with van der Waals surface area (Å²) >= 11 is 0.